The zero-order chi connectivity index (χ0) is 19.6. The van der Waals surface area contributed by atoms with E-state index in [1.807, 2.05) is 26.0 Å². The minimum Gasteiger partial charge on any atom is -0.267 e. The molecule has 136 valence electrons. The molecule has 0 aliphatic carbocycles. The number of anilines is 1. The van der Waals surface area contributed by atoms with Gasteiger partial charge >= 0.3 is 0 Å². The molecule has 0 aromatic heterocycles. The molecule has 1 fully saturated rings. The van der Waals surface area contributed by atoms with E-state index in [2.05, 4.69) is 5.43 Å². The van der Waals surface area contributed by atoms with E-state index >= 15 is 0 Å². The summed E-state index contributed by atoms with van der Waals surface area (Å²) in [7, 11) is 0. The van der Waals surface area contributed by atoms with Crippen molar-refractivity contribution in [3.63, 3.8) is 0 Å². The molecule has 1 heterocycles. The molecule has 0 atom stereocenters. The Morgan fingerprint density at radius 3 is 2.56 bits per heavy atom. The number of nitrogens with one attached hydrogen (secondary N) is 1. The smallest absolute Gasteiger partial charge is 0.267 e. The Balaban J connectivity index is 1.81. The average Bonchev–Trinajstić information content (AvgIpc) is 2.92. The number of non-ortho nitro benzene ring substituents is 1. The van der Waals surface area contributed by atoms with Gasteiger partial charge < -0.3 is 0 Å². The van der Waals surface area contributed by atoms with Gasteiger partial charge in [-0.3, -0.25) is 25.1 Å². The van der Waals surface area contributed by atoms with Gasteiger partial charge in [0.1, 0.15) is 5.57 Å². The molecule has 0 saturated carbocycles. The second-order valence-corrected chi connectivity index (χ2v) is 6.14. The fraction of sp³-hybridized carbons (Fsp3) is 0.100. The van der Waals surface area contributed by atoms with Crippen molar-refractivity contribution in [3.8, 4) is 0 Å². The van der Waals surface area contributed by atoms with Crippen LogP contribution in [0.3, 0.4) is 0 Å². The summed E-state index contributed by atoms with van der Waals surface area (Å²) in [6, 6.07) is 11.5. The zero-order valence-corrected chi connectivity index (χ0v) is 14.8. The van der Waals surface area contributed by atoms with Crippen molar-refractivity contribution < 1.29 is 14.5 Å². The quantitative estimate of drug-likeness (QED) is 0.391. The summed E-state index contributed by atoms with van der Waals surface area (Å²) in [4.78, 5) is 35.0. The first-order chi connectivity index (χ1) is 12.9. The first-order valence-corrected chi connectivity index (χ1v) is 8.22. The van der Waals surface area contributed by atoms with Crippen LogP contribution in [-0.4, -0.2) is 16.7 Å². The number of hydrogen-bond donors (Lipinski definition) is 1. The normalized spacial score (nSPS) is 15.6. The summed E-state index contributed by atoms with van der Waals surface area (Å²) in [5.74, 6) is -0.950. The minimum atomic E-state index is -0.498. The van der Waals surface area contributed by atoms with Crippen molar-refractivity contribution in [1.29, 1.82) is 0 Å². The number of nitrogens with zero attached hydrogens (tertiary/aromatic N) is 2. The fourth-order valence-electron chi connectivity index (χ4n) is 2.62. The fourth-order valence-corrected chi connectivity index (χ4v) is 2.62. The van der Waals surface area contributed by atoms with Gasteiger partial charge in [0.05, 0.1) is 10.6 Å². The number of benzene rings is 2. The molecule has 0 radical (unpaired) electrons. The molecule has 0 spiro atoms. The van der Waals surface area contributed by atoms with Gasteiger partial charge in [-0.15, -0.1) is 0 Å². The first-order valence-electron chi connectivity index (χ1n) is 8.22. The Kier molecular flexibility index (Phi) is 4.85. The van der Waals surface area contributed by atoms with Crippen molar-refractivity contribution in [3.05, 3.63) is 87.0 Å². The molecule has 3 rings (SSSR count). The Labute approximate surface area is 155 Å². The number of allylic oxidation sites excluding steroid dienone is 2. The van der Waals surface area contributed by atoms with Gasteiger partial charge in [-0.1, -0.05) is 30.4 Å². The highest BCUT2D eigenvalue weighted by Gasteiger charge is 2.34. The van der Waals surface area contributed by atoms with Crippen LogP contribution in [0.4, 0.5) is 11.4 Å². The molecule has 0 unspecified atom stereocenters. The molecule has 2 aromatic rings. The highest BCUT2D eigenvalue weighted by Crippen LogP contribution is 2.22. The third kappa shape index (κ3) is 3.77. The number of carbonyl (C=O) groups is 2. The van der Waals surface area contributed by atoms with Crippen molar-refractivity contribution >= 4 is 29.3 Å². The third-order valence-electron chi connectivity index (χ3n) is 4.27. The maximum atomic E-state index is 12.5. The Morgan fingerprint density at radius 2 is 1.85 bits per heavy atom. The lowest BCUT2D eigenvalue weighted by Crippen LogP contribution is -2.35. The molecule has 7 heteroatoms. The molecule has 2 aromatic carbocycles. The van der Waals surface area contributed by atoms with E-state index in [1.165, 1.54) is 29.3 Å². The van der Waals surface area contributed by atoms with Gasteiger partial charge in [0, 0.05) is 12.1 Å². The second kappa shape index (κ2) is 7.25. The standard InChI is InChI=1S/C20H17N3O4/c1-13-9-10-16(11-14(13)2)22-20(25)18(19(24)21-22)8-4-6-15-5-3-7-17(12-15)23(26)27/h3-12H,1-2H3,(H,21,24)/b6-4-,18-8-. The summed E-state index contributed by atoms with van der Waals surface area (Å²) < 4.78 is 0. The number of carbonyl (C=O) groups excluding carboxylic acids is 2. The summed E-state index contributed by atoms with van der Waals surface area (Å²) in [6.45, 7) is 3.90. The van der Waals surface area contributed by atoms with E-state index < -0.39 is 16.7 Å². The van der Waals surface area contributed by atoms with E-state index in [4.69, 9.17) is 0 Å². The van der Waals surface area contributed by atoms with E-state index in [0.717, 1.165) is 11.1 Å². The van der Waals surface area contributed by atoms with Crippen LogP contribution < -0.4 is 10.4 Å². The number of nitro groups is 1. The minimum absolute atomic E-state index is 0.00471. The summed E-state index contributed by atoms with van der Waals surface area (Å²) in [6.07, 6.45) is 4.52. The van der Waals surface area contributed by atoms with Gasteiger partial charge in [-0.2, -0.15) is 0 Å². The van der Waals surface area contributed by atoms with Crippen LogP contribution in [0, 0.1) is 24.0 Å². The Bertz CT molecular complexity index is 1010. The summed E-state index contributed by atoms with van der Waals surface area (Å²) >= 11 is 0. The second-order valence-electron chi connectivity index (χ2n) is 6.14. The van der Waals surface area contributed by atoms with Gasteiger partial charge in [-0.25, -0.2) is 5.01 Å². The molecule has 2 amide bonds. The molecular weight excluding hydrogens is 346 g/mol. The van der Waals surface area contributed by atoms with Crippen molar-refractivity contribution in [2.45, 2.75) is 13.8 Å². The third-order valence-corrected chi connectivity index (χ3v) is 4.27. The predicted octanol–water partition coefficient (Wildman–Crippen LogP) is 3.23. The van der Waals surface area contributed by atoms with Gasteiger partial charge in [0.2, 0.25) is 0 Å². The Hall–Kier alpha value is -3.74. The Morgan fingerprint density at radius 1 is 1.07 bits per heavy atom. The highest BCUT2D eigenvalue weighted by atomic mass is 16.6. The highest BCUT2D eigenvalue weighted by molar-refractivity contribution is 6.29. The molecule has 0 bridgehead atoms. The van der Waals surface area contributed by atoms with Crippen molar-refractivity contribution in [1.82, 2.24) is 5.43 Å². The molecule has 27 heavy (non-hydrogen) atoms. The van der Waals surface area contributed by atoms with E-state index in [9.17, 15) is 19.7 Å². The summed E-state index contributed by atoms with van der Waals surface area (Å²) in [5.41, 5.74) is 5.79. The largest absolute Gasteiger partial charge is 0.282 e. The molecule has 1 aliphatic rings. The van der Waals surface area contributed by atoms with E-state index in [1.54, 1.807) is 24.3 Å². The molecule has 7 nitrogen and oxygen atoms in total. The summed E-state index contributed by atoms with van der Waals surface area (Å²) in [5, 5.41) is 12.0. The van der Waals surface area contributed by atoms with Crippen molar-refractivity contribution in [2.75, 3.05) is 5.01 Å². The molecule has 1 aliphatic heterocycles. The maximum Gasteiger partial charge on any atom is 0.282 e. The average molecular weight is 363 g/mol. The van der Waals surface area contributed by atoms with Gasteiger partial charge in [0.15, 0.2) is 0 Å². The van der Waals surface area contributed by atoms with Crippen LogP contribution in [0.1, 0.15) is 16.7 Å². The van der Waals surface area contributed by atoms with Crippen LogP contribution >= 0.6 is 0 Å². The molecule has 1 saturated heterocycles. The van der Waals surface area contributed by atoms with Crippen LogP contribution in [-0.2, 0) is 9.59 Å². The molecular formula is C20H17N3O4. The maximum absolute atomic E-state index is 12.5. The number of nitro benzene ring substituents is 1. The lowest BCUT2D eigenvalue weighted by Gasteiger charge is -2.15. The van der Waals surface area contributed by atoms with E-state index in [-0.39, 0.29) is 11.3 Å². The van der Waals surface area contributed by atoms with E-state index in [0.29, 0.717) is 11.3 Å². The van der Waals surface area contributed by atoms with Gasteiger partial charge in [0.25, 0.3) is 17.5 Å². The van der Waals surface area contributed by atoms with Gasteiger partial charge in [-0.05, 0) is 48.7 Å². The van der Waals surface area contributed by atoms with Crippen LogP contribution in [0.15, 0.2) is 60.2 Å². The topological polar surface area (TPSA) is 92.6 Å². The zero-order valence-electron chi connectivity index (χ0n) is 14.8. The van der Waals surface area contributed by atoms with Crippen molar-refractivity contribution in [2.24, 2.45) is 0 Å². The van der Waals surface area contributed by atoms with Crippen LogP contribution in [0.5, 0.6) is 0 Å². The SMILES string of the molecule is Cc1ccc(N2NC(=O)/C(=C/C=C\c3cccc([N+](=O)[O-])c3)C2=O)cc1C. The first kappa shape index (κ1) is 18.1. The predicted molar refractivity (Wildman–Crippen MR) is 102 cm³/mol. The number of rotatable bonds is 4. The molecule has 1 N–H and O–H groups in total. The van der Waals surface area contributed by atoms with Crippen LogP contribution in [0.25, 0.3) is 6.08 Å². The monoisotopic (exact) mass is 363 g/mol. The number of aryl methyl sites for hydroxylation is 2. The van der Waals surface area contributed by atoms with Crippen LogP contribution in [0.2, 0.25) is 0 Å². The lowest BCUT2D eigenvalue weighted by atomic mass is 10.1. The number of hydrogen-bond acceptors (Lipinski definition) is 4. The number of hydrazine groups is 1. The number of amides is 2. The lowest BCUT2D eigenvalue weighted by molar-refractivity contribution is -0.384.